The van der Waals surface area contributed by atoms with Crippen molar-refractivity contribution >= 4 is 22.5 Å². The first-order valence-corrected chi connectivity index (χ1v) is 8.17. The lowest BCUT2D eigenvalue weighted by Gasteiger charge is -2.21. The van der Waals surface area contributed by atoms with Crippen LogP contribution in [0.25, 0.3) is 10.8 Å². The van der Waals surface area contributed by atoms with Crippen molar-refractivity contribution in [2.75, 3.05) is 19.3 Å². The maximum Gasteiger partial charge on any atom is 0.0700 e. The van der Waals surface area contributed by atoms with Gasteiger partial charge in [-0.05, 0) is 42.3 Å². The monoisotopic (exact) mass is 289 g/mol. The summed E-state index contributed by atoms with van der Waals surface area (Å²) in [5.41, 5.74) is 0. The van der Waals surface area contributed by atoms with E-state index >= 15 is 0 Å². The predicted molar refractivity (Wildman–Crippen MR) is 88.4 cm³/mol. The highest BCUT2D eigenvalue weighted by Crippen LogP contribution is 2.27. The van der Waals surface area contributed by atoms with E-state index < -0.39 is 0 Å². The van der Waals surface area contributed by atoms with Crippen molar-refractivity contribution in [3.05, 3.63) is 42.5 Å². The van der Waals surface area contributed by atoms with Gasteiger partial charge in [0.2, 0.25) is 0 Å². The Bertz CT molecular complexity index is 543. The van der Waals surface area contributed by atoms with Crippen LogP contribution in [0.1, 0.15) is 13.3 Å². The smallest absolute Gasteiger partial charge is 0.0700 e. The lowest BCUT2D eigenvalue weighted by Crippen LogP contribution is -2.32. The SMILES string of the molecule is CC[C@@H](CSc1ccc2ccccc2c1)[C@@H](O)CNC. The summed E-state index contributed by atoms with van der Waals surface area (Å²) in [5.74, 6) is 1.29. The summed E-state index contributed by atoms with van der Waals surface area (Å²) in [6.45, 7) is 2.81. The summed E-state index contributed by atoms with van der Waals surface area (Å²) >= 11 is 1.83. The normalized spacial score (nSPS) is 14.3. The average Bonchev–Trinajstić information content (AvgIpc) is 2.48. The number of benzene rings is 2. The quantitative estimate of drug-likeness (QED) is 0.765. The summed E-state index contributed by atoms with van der Waals surface area (Å²) in [6.07, 6.45) is 0.738. The van der Waals surface area contributed by atoms with Crippen molar-refractivity contribution in [3.8, 4) is 0 Å². The van der Waals surface area contributed by atoms with E-state index in [-0.39, 0.29) is 6.10 Å². The number of hydrogen-bond donors (Lipinski definition) is 2. The minimum atomic E-state index is -0.266. The third-order valence-electron chi connectivity index (χ3n) is 3.67. The van der Waals surface area contributed by atoms with Crippen LogP contribution in [0.5, 0.6) is 0 Å². The molecule has 0 heterocycles. The molecule has 2 aromatic carbocycles. The van der Waals surface area contributed by atoms with Gasteiger partial charge in [-0.1, -0.05) is 37.3 Å². The Kier molecular flexibility index (Phi) is 5.89. The number of aliphatic hydroxyl groups is 1. The molecule has 0 amide bonds. The van der Waals surface area contributed by atoms with E-state index in [4.69, 9.17) is 0 Å². The van der Waals surface area contributed by atoms with E-state index in [1.54, 1.807) is 0 Å². The molecule has 0 fully saturated rings. The van der Waals surface area contributed by atoms with E-state index in [0.29, 0.717) is 12.5 Å². The molecule has 0 saturated heterocycles. The van der Waals surface area contributed by atoms with Crippen LogP contribution in [0.4, 0.5) is 0 Å². The maximum absolute atomic E-state index is 10.1. The maximum atomic E-state index is 10.1. The second kappa shape index (κ2) is 7.67. The van der Waals surface area contributed by atoms with Gasteiger partial charge in [0.1, 0.15) is 0 Å². The second-order valence-corrected chi connectivity index (χ2v) is 6.21. The lowest BCUT2D eigenvalue weighted by atomic mass is 10.0. The summed E-state index contributed by atoms with van der Waals surface area (Å²) in [7, 11) is 1.88. The first-order chi connectivity index (χ1) is 9.74. The van der Waals surface area contributed by atoms with E-state index in [9.17, 15) is 5.11 Å². The van der Waals surface area contributed by atoms with Crippen molar-refractivity contribution in [1.82, 2.24) is 5.32 Å². The second-order valence-electron chi connectivity index (χ2n) is 5.11. The topological polar surface area (TPSA) is 32.3 Å². The van der Waals surface area contributed by atoms with Gasteiger partial charge in [0.25, 0.3) is 0 Å². The molecular formula is C17H23NOS. The lowest BCUT2D eigenvalue weighted by molar-refractivity contribution is 0.117. The van der Waals surface area contributed by atoms with Crippen LogP contribution in [0.3, 0.4) is 0 Å². The van der Waals surface area contributed by atoms with Crippen molar-refractivity contribution in [2.45, 2.75) is 24.3 Å². The van der Waals surface area contributed by atoms with Crippen LogP contribution in [0.2, 0.25) is 0 Å². The van der Waals surface area contributed by atoms with Crippen LogP contribution in [-0.2, 0) is 0 Å². The number of likely N-dealkylation sites (N-methyl/N-ethyl adjacent to an activating group) is 1. The molecule has 0 unspecified atom stereocenters. The Hall–Kier alpha value is -1.03. The highest BCUT2D eigenvalue weighted by Gasteiger charge is 2.16. The van der Waals surface area contributed by atoms with Gasteiger partial charge in [0.05, 0.1) is 6.10 Å². The molecule has 108 valence electrons. The van der Waals surface area contributed by atoms with E-state index in [0.717, 1.165) is 12.2 Å². The fraction of sp³-hybridized carbons (Fsp3) is 0.412. The van der Waals surface area contributed by atoms with Gasteiger partial charge in [-0.3, -0.25) is 0 Å². The Morgan fingerprint density at radius 1 is 1.15 bits per heavy atom. The van der Waals surface area contributed by atoms with E-state index in [1.807, 2.05) is 18.8 Å². The molecule has 0 aliphatic rings. The molecule has 2 atom stereocenters. The van der Waals surface area contributed by atoms with Gasteiger partial charge in [0, 0.05) is 17.2 Å². The number of hydrogen-bond acceptors (Lipinski definition) is 3. The fourth-order valence-electron chi connectivity index (χ4n) is 2.34. The van der Waals surface area contributed by atoms with Crippen molar-refractivity contribution in [2.24, 2.45) is 5.92 Å². The number of rotatable bonds is 7. The van der Waals surface area contributed by atoms with Crippen molar-refractivity contribution < 1.29 is 5.11 Å². The molecule has 0 aromatic heterocycles. The molecule has 3 heteroatoms. The Labute approximate surface area is 125 Å². The summed E-state index contributed by atoms with van der Waals surface area (Å²) in [6, 6.07) is 15.0. The van der Waals surface area contributed by atoms with Crippen LogP contribution >= 0.6 is 11.8 Å². The van der Waals surface area contributed by atoms with Crippen LogP contribution in [-0.4, -0.2) is 30.6 Å². The Balaban J connectivity index is 2.00. The van der Waals surface area contributed by atoms with Crippen molar-refractivity contribution in [1.29, 1.82) is 0 Å². The Morgan fingerprint density at radius 2 is 1.90 bits per heavy atom. The van der Waals surface area contributed by atoms with Gasteiger partial charge in [-0.2, -0.15) is 0 Å². The number of fused-ring (bicyclic) bond motifs is 1. The number of thioether (sulfide) groups is 1. The van der Waals surface area contributed by atoms with Crippen LogP contribution in [0, 0.1) is 5.92 Å². The molecule has 2 rings (SSSR count). The highest BCUT2D eigenvalue weighted by molar-refractivity contribution is 7.99. The summed E-state index contributed by atoms with van der Waals surface area (Å²) in [4.78, 5) is 1.28. The van der Waals surface area contributed by atoms with E-state index in [2.05, 4.69) is 54.7 Å². The molecule has 0 spiro atoms. The molecule has 20 heavy (non-hydrogen) atoms. The minimum Gasteiger partial charge on any atom is -0.391 e. The third-order valence-corrected chi connectivity index (χ3v) is 4.85. The predicted octanol–water partition coefficient (Wildman–Crippen LogP) is 3.54. The standard InChI is InChI=1S/C17H23NOS/c1-3-13(17(19)11-18-2)12-20-16-9-8-14-6-4-5-7-15(14)10-16/h4-10,13,17-19H,3,11-12H2,1-2H3/t13-,17-/m0/s1. The third kappa shape index (κ3) is 3.98. The fourth-order valence-corrected chi connectivity index (χ4v) is 3.58. The van der Waals surface area contributed by atoms with Crippen molar-refractivity contribution in [3.63, 3.8) is 0 Å². The molecule has 0 aliphatic carbocycles. The molecule has 2 aromatic rings. The Morgan fingerprint density at radius 3 is 2.60 bits per heavy atom. The summed E-state index contributed by atoms with van der Waals surface area (Å²) in [5, 5.41) is 15.7. The zero-order valence-corrected chi connectivity index (χ0v) is 13.0. The molecule has 0 radical (unpaired) electrons. The van der Waals surface area contributed by atoms with Crippen LogP contribution < -0.4 is 5.32 Å². The largest absolute Gasteiger partial charge is 0.391 e. The molecule has 2 N–H and O–H groups in total. The molecule has 0 aliphatic heterocycles. The van der Waals surface area contributed by atoms with Crippen LogP contribution in [0.15, 0.2) is 47.4 Å². The van der Waals surface area contributed by atoms with Gasteiger partial charge < -0.3 is 10.4 Å². The molecule has 0 bridgehead atoms. The molecule has 0 saturated carbocycles. The first-order valence-electron chi connectivity index (χ1n) is 7.19. The molecule has 2 nitrogen and oxygen atoms in total. The minimum absolute atomic E-state index is 0.266. The number of nitrogens with one attached hydrogen (secondary N) is 1. The van der Waals surface area contributed by atoms with E-state index in [1.165, 1.54) is 15.7 Å². The molecular weight excluding hydrogens is 266 g/mol. The van der Waals surface area contributed by atoms with Gasteiger partial charge in [0.15, 0.2) is 0 Å². The van der Waals surface area contributed by atoms with Gasteiger partial charge in [-0.15, -0.1) is 11.8 Å². The highest BCUT2D eigenvalue weighted by atomic mass is 32.2. The average molecular weight is 289 g/mol. The zero-order chi connectivity index (χ0) is 14.4. The number of aliphatic hydroxyl groups excluding tert-OH is 1. The van der Waals surface area contributed by atoms with Gasteiger partial charge in [-0.25, -0.2) is 0 Å². The van der Waals surface area contributed by atoms with Gasteiger partial charge >= 0.3 is 0 Å². The zero-order valence-electron chi connectivity index (χ0n) is 12.2. The summed E-state index contributed by atoms with van der Waals surface area (Å²) < 4.78 is 0. The first kappa shape index (κ1) is 15.4.